The van der Waals surface area contributed by atoms with Crippen molar-refractivity contribution in [2.75, 3.05) is 25.6 Å². The third kappa shape index (κ3) is 5.46. The molecule has 0 spiro atoms. The zero-order valence-electron chi connectivity index (χ0n) is 14.4. The Kier molecular flexibility index (Phi) is 7.25. The summed E-state index contributed by atoms with van der Waals surface area (Å²) in [5, 5.41) is 3.27. The van der Waals surface area contributed by atoms with Gasteiger partial charge in [-0.25, -0.2) is 0 Å². The number of hydrogen-bond donors (Lipinski definition) is 2. The van der Waals surface area contributed by atoms with Crippen molar-refractivity contribution in [2.24, 2.45) is 11.7 Å². The highest BCUT2D eigenvalue weighted by Crippen LogP contribution is 2.28. The van der Waals surface area contributed by atoms with E-state index in [-0.39, 0.29) is 17.9 Å². The quantitative estimate of drug-likeness (QED) is 0.703. The summed E-state index contributed by atoms with van der Waals surface area (Å²) in [4.78, 5) is 12.5. The van der Waals surface area contributed by atoms with Gasteiger partial charge in [0.05, 0.1) is 17.5 Å². The molecule has 5 nitrogen and oxygen atoms in total. The van der Waals surface area contributed by atoms with Crippen molar-refractivity contribution in [3.8, 4) is 5.75 Å². The maximum atomic E-state index is 12.5. The molecule has 2 atom stereocenters. The molecule has 0 bridgehead atoms. The molecule has 2 rings (SSSR count). The zero-order valence-corrected chi connectivity index (χ0v) is 15.1. The molecule has 0 aliphatic rings. The minimum absolute atomic E-state index is 0.166. The molecule has 0 saturated heterocycles. The van der Waals surface area contributed by atoms with E-state index in [0.717, 1.165) is 5.56 Å². The Morgan fingerprint density at radius 1 is 1.20 bits per heavy atom. The molecule has 0 aliphatic carbocycles. The van der Waals surface area contributed by atoms with Crippen molar-refractivity contribution >= 4 is 23.2 Å². The average molecular weight is 363 g/mol. The number of rotatable bonds is 8. The first kappa shape index (κ1) is 19.2. The maximum Gasteiger partial charge on any atom is 0.229 e. The molecule has 0 heterocycles. The largest absolute Gasteiger partial charge is 0.490 e. The highest BCUT2D eigenvalue weighted by molar-refractivity contribution is 6.32. The summed E-state index contributed by atoms with van der Waals surface area (Å²) in [6, 6.07) is 14.3. The fourth-order valence-corrected chi connectivity index (χ4v) is 2.55. The topological polar surface area (TPSA) is 73.6 Å². The minimum atomic E-state index is -0.390. The molecule has 0 saturated carbocycles. The number of carbonyl (C=O) groups is 1. The third-order valence-electron chi connectivity index (χ3n) is 3.88. The van der Waals surface area contributed by atoms with Crippen LogP contribution in [0.2, 0.25) is 5.02 Å². The van der Waals surface area contributed by atoms with Crippen LogP contribution in [-0.2, 0) is 9.53 Å². The van der Waals surface area contributed by atoms with E-state index in [0.29, 0.717) is 29.7 Å². The van der Waals surface area contributed by atoms with Crippen molar-refractivity contribution in [3.05, 3.63) is 59.1 Å². The van der Waals surface area contributed by atoms with Gasteiger partial charge in [-0.15, -0.1) is 0 Å². The predicted octanol–water partition coefficient (Wildman–Crippen LogP) is 3.64. The van der Waals surface area contributed by atoms with Crippen molar-refractivity contribution < 1.29 is 14.3 Å². The van der Waals surface area contributed by atoms with Gasteiger partial charge in [0.25, 0.3) is 0 Å². The Bertz CT molecular complexity index is 694. The molecule has 3 N–H and O–H groups in total. The number of halogens is 1. The Balaban J connectivity index is 1.98. The van der Waals surface area contributed by atoms with Gasteiger partial charge in [-0.2, -0.15) is 0 Å². The van der Waals surface area contributed by atoms with Crippen LogP contribution in [0, 0.1) is 5.92 Å². The Hall–Kier alpha value is -2.08. The highest BCUT2D eigenvalue weighted by Gasteiger charge is 2.22. The standard InChI is InChI=1S/C19H23ClN2O3/c1-13(18(21)14-6-4-3-5-7-14)19(23)22-15-8-9-17(16(20)12-15)25-11-10-24-2/h3-9,12-13,18H,10-11,21H2,1-2H3,(H,22,23). The lowest BCUT2D eigenvalue weighted by atomic mass is 9.94. The van der Waals surface area contributed by atoms with E-state index in [9.17, 15) is 4.79 Å². The molecule has 25 heavy (non-hydrogen) atoms. The predicted molar refractivity (Wildman–Crippen MR) is 100.0 cm³/mol. The second-order valence-electron chi connectivity index (χ2n) is 5.70. The van der Waals surface area contributed by atoms with Crippen molar-refractivity contribution in [1.29, 1.82) is 0 Å². The van der Waals surface area contributed by atoms with Gasteiger partial charge in [-0.1, -0.05) is 48.9 Å². The van der Waals surface area contributed by atoms with Gasteiger partial charge in [0.15, 0.2) is 0 Å². The van der Waals surface area contributed by atoms with E-state index in [1.165, 1.54) is 0 Å². The third-order valence-corrected chi connectivity index (χ3v) is 4.18. The number of amides is 1. The van der Waals surface area contributed by atoms with E-state index >= 15 is 0 Å². The molecule has 0 aliphatic heterocycles. The van der Waals surface area contributed by atoms with Gasteiger partial charge in [0.1, 0.15) is 12.4 Å². The summed E-state index contributed by atoms with van der Waals surface area (Å²) in [6.45, 7) is 2.69. The fraction of sp³-hybridized carbons (Fsp3) is 0.316. The van der Waals surface area contributed by atoms with Crippen LogP contribution < -0.4 is 15.8 Å². The lowest BCUT2D eigenvalue weighted by molar-refractivity contribution is -0.120. The lowest BCUT2D eigenvalue weighted by Crippen LogP contribution is -2.30. The molecule has 2 unspecified atom stereocenters. The van der Waals surface area contributed by atoms with Crippen LogP contribution in [0.5, 0.6) is 5.75 Å². The number of nitrogens with two attached hydrogens (primary N) is 1. The summed E-state index contributed by atoms with van der Waals surface area (Å²) in [5.41, 5.74) is 7.72. The molecule has 1 amide bonds. The van der Waals surface area contributed by atoms with E-state index in [1.54, 1.807) is 32.2 Å². The van der Waals surface area contributed by atoms with Crippen molar-refractivity contribution in [3.63, 3.8) is 0 Å². The zero-order chi connectivity index (χ0) is 18.2. The monoisotopic (exact) mass is 362 g/mol. The second-order valence-corrected chi connectivity index (χ2v) is 6.11. The first-order valence-corrected chi connectivity index (χ1v) is 8.43. The van der Waals surface area contributed by atoms with Crippen LogP contribution >= 0.6 is 11.6 Å². The highest BCUT2D eigenvalue weighted by atomic mass is 35.5. The van der Waals surface area contributed by atoms with Gasteiger partial charge >= 0.3 is 0 Å². The molecule has 6 heteroatoms. The van der Waals surface area contributed by atoms with Gasteiger partial charge < -0.3 is 20.5 Å². The maximum absolute atomic E-state index is 12.5. The minimum Gasteiger partial charge on any atom is -0.490 e. The van der Waals surface area contributed by atoms with Gasteiger partial charge in [-0.05, 0) is 23.8 Å². The summed E-state index contributed by atoms with van der Waals surface area (Å²) < 4.78 is 10.4. The summed E-state index contributed by atoms with van der Waals surface area (Å²) in [7, 11) is 1.60. The number of anilines is 1. The number of nitrogens with one attached hydrogen (secondary N) is 1. The molecule has 2 aromatic rings. The van der Waals surface area contributed by atoms with Crippen LogP contribution in [0.4, 0.5) is 5.69 Å². The number of ether oxygens (including phenoxy) is 2. The van der Waals surface area contributed by atoms with Crippen LogP contribution in [0.3, 0.4) is 0 Å². The number of benzene rings is 2. The SMILES string of the molecule is COCCOc1ccc(NC(=O)C(C)C(N)c2ccccc2)cc1Cl. The van der Waals surface area contributed by atoms with Gasteiger partial charge in [0.2, 0.25) is 5.91 Å². The van der Waals surface area contributed by atoms with Crippen LogP contribution in [0.1, 0.15) is 18.5 Å². The van der Waals surface area contributed by atoms with E-state index < -0.39 is 0 Å². The summed E-state index contributed by atoms with van der Waals surface area (Å²) in [5.74, 6) is -0.00923. The summed E-state index contributed by atoms with van der Waals surface area (Å²) >= 11 is 6.19. The number of methoxy groups -OCH3 is 1. The van der Waals surface area contributed by atoms with Crippen molar-refractivity contribution in [1.82, 2.24) is 0 Å². The normalized spacial score (nSPS) is 13.1. The van der Waals surface area contributed by atoms with E-state index in [1.807, 2.05) is 30.3 Å². The van der Waals surface area contributed by atoms with Crippen molar-refractivity contribution in [2.45, 2.75) is 13.0 Å². The second kappa shape index (κ2) is 9.42. The van der Waals surface area contributed by atoms with Crippen LogP contribution in [0.15, 0.2) is 48.5 Å². The molecular formula is C19H23ClN2O3. The smallest absolute Gasteiger partial charge is 0.229 e. The Morgan fingerprint density at radius 3 is 2.56 bits per heavy atom. The molecule has 0 radical (unpaired) electrons. The average Bonchev–Trinajstić information content (AvgIpc) is 2.63. The molecule has 2 aromatic carbocycles. The molecular weight excluding hydrogens is 340 g/mol. The Labute approximate surface area is 153 Å². The number of carbonyl (C=O) groups excluding carboxylic acids is 1. The van der Waals surface area contributed by atoms with E-state index in [2.05, 4.69) is 5.32 Å². The van der Waals surface area contributed by atoms with E-state index in [4.69, 9.17) is 26.8 Å². The fourth-order valence-electron chi connectivity index (χ4n) is 2.31. The van der Waals surface area contributed by atoms with Gasteiger partial charge in [0, 0.05) is 18.8 Å². The van der Waals surface area contributed by atoms with Crippen LogP contribution in [-0.4, -0.2) is 26.2 Å². The lowest BCUT2D eigenvalue weighted by Gasteiger charge is -2.20. The molecule has 0 aromatic heterocycles. The summed E-state index contributed by atoms with van der Waals surface area (Å²) in [6.07, 6.45) is 0. The van der Waals surface area contributed by atoms with Crippen LogP contribution in [0.25, 0.3) is 0 Å². The Morgan fingerprint density at radius 2 is 1.92 bits per heavy atom. The first-order chi connectivity index (χ1) is 12.0. The van der Waals surface area contributed by atoms with Gasteiger partial charge in [-0.3, -0.25) is 4.79 Å². The number of hydrogen-bond acceptors (Lipinski definition) is 4. The molecule has 134 valence electrons. The molecule has 0 fully saturated rings. The first-order valence-electron chi connectivity index (χ1n) is 8.05.